The number of aromatic nitrogens is 1. The normalized spacial score (nSPS) is 14.9. The molecule has 0 spiro atoms. The van der Waals surface area contributed by atoms with E-state index in [4.69, 9.17) is 0 Å². The molecule has 0 aliphatic heterocycles. The first-order chi connectivity index (χ1) is 12.1. The second-order valence-corrected chi connectivity index (χ2v) is 7.83. The zero-order chi connectivity index (χ0) is 19.2. The first-order valence-corrected chi connectivity index (χ1v) is 9.03. The SMILES string of the molecule is Cc1ccc(CN(C2CC2)S(=O)(=O)c2c(F)c(F)c(F)c(F)c2F)nc1. The lowest BCUT2D eigenvalue weighted by Gasteiger charge is -2.22. The smallest absolute Gasteiger partial charge is 0.249 e. The lowest BCUT2D eigenvalue weighted by molar-refractivity contribution is 0.345. The molecule has 1 aliphatic carbocycles. The van der Waals surface area contributed by atoms with Crippen LogP contribution in [0.3, 0.4) is 0 Å². The fourth-order valence-electron chi connectivity index (χ4n) is 2.45. The van der Waals surface area contributed by atoms with E-state index in [1.54, 1.807) is 13.0 Å². The maximum absolute atomic E-state index is 14.0. The highest BCUT2D eigenvalue weighted by Gasteiger charge is 2.43. The average molecular weight is 392 g/mol. The lowest BCUT2D eigenvalue weighted by atomic mass is 10.3. The van der Waals surface area contributed by atoms with E-state index in [2.05, 4.69) is 4.98 Å². The predicted octanol–water partition coefficient (Wildman–Crippen LogP) is 3.44. The van der Waals surface area contributed by atoms with E-state index in [-0.39, 0.29) is 12.2 Å². The Kier molecular flexibility index (Phi) is 4.74. The van der Waals surface area contributed by atoms with E-state index < -0.39 is 50.0 Å². The maximum atomic E-state index is 14.0. The van der Waals surface area contributed by atoms with Crippen LogP contribution in [0.5, 0.6) is 0 Å². The van der Waals surface area contributed by atoms with Gasteiger partial charge in [0.15, 0.2) is 28.2 Å². The summed E-state index contributed by atoms with van der Waals surface area (Å²) in [5.41, 5.74) is 1.10. The van der Waals surface area contributed by atoms with Gasteiger partial charge in [0.25, 0.3) is 0 Å². The lowest BCUT2D eigenvalue weighted by Crippen LogP contribution is -2.34. The Morgan fingerprint density at radius 2 is 1.54 bits per heavy atom. The predicted molar refractivity (Wildman–Crippen MR) is 81.0 cm³/mol. The van der Waals surface area contributed by atoms with Gasteiger partial charge in [-0.3, -0.25) is 4.98 Å². The van der Waals surface area contributed by atoms with Crippen molar-refractivity contribution in [2.24, 2.45) is 0 Å². The second kappa shape index (κ2) is 6.58. The number of pyridine rings is 1. The third-order valence-corrected chi connectivity index (χ3v) is 5.90. The summed E-state index contributed by atoms with van der Waals surface area (Å²) < 4.78 is 94.2. The van der Waals surface area contributed by atoms with E-state index in [0.29, 0.717) is 12.8 Å². The molecule has 0 radical (unpaired) electrons. The number of hydrogen-bond acceptors (Lipinski definition) is 3. The van der Waals surface area contributed by atoms with Crippen molar-refractivity contribution in [1.29, 1.82) is 0 Å². The third kappa shape index (κ3) is 3.18. The molecule has 2 aromatic rings. The molecule has 1 heterocycles. The minimum Gasteiger partial charge on any atom is -0.260 e. The molecule has 10 heteroatoms. The van der Waals surface area contributed by atoms with Crippen LogP contribution in [0.2, 0.25) is 0 Å². The highest BCUT2D eigenvalue weighted by molar-refractivity contribution is 7.89. The van der Waals surface area contributed by atoms with Crippen LogP contribution < -0.4 is 0 Å². The van der Waals surface area contributed by atoms with E-state index in [1.165, 1.54) is 12.3 Å². The summed E-state index contributed by atoms with van der Waals surface area (Å²) in [7, 11) is -4.97. The van der Waals surface area contributed by atoms with Crippen LogP contribution in [-0.2, 0) is 16.6 Å². The number of nitrogens with zero attached hydrogens (tertiary/aromatic N) is 2. The van der Waals surface area contributed by atoms with E-state index in [0.717, 1.165) is 9.87 Å². The van der Waals surface area contributed by atoms with Crippen LogP contribution in [-0.4, -0.2) is 23.7 Å². The summed E-state index contributed by atoms with van der Waals surface area (Å²) in [5, 5.41) is 0. The van der Waals surface area contributed by atoms with Crippen molar-refractivity contribution in [2.75, 3.05) is 0 Å². The number of rotatable bonds is 5. The summed E-state index contributed by atoms with van der Waals surface area (Å²) in [6.07, 6.45) is 2.31. The zero-order valence-electron chi connectivity index (χ0n) is 13.4. The Bertz CT molecular complexity index is 931. The summed E-state index contributed by atoms with van der Waals surface area (Å²) >= 11 is 0. The molecule has 0 saturated heterocycles. The molecule has 1 fully saturated rings. The molecule has 3 rings (SSSR count). The molecular formula is C16H13F5N2O2S. The minimum atomic E-state index is -4.97. The van der Waals surface area contributed by atoms with Crippen molar-refractivity contribution in [3.8, 4) is 0 Å². The van der Waals surface area contributed by atoms with Gasteiger partial charge in [0.05, 0.1) is 12.2 Å². The number of benzene rings is 1. The zero-order valence-corrected chi connectivity index (χ0v) is 14.3. The largest absolute Gasteiger partial charge is 0.260 e. The fraction of sp³-hybridized carbons (Fsp3) is 0.312. The Morgan fingerprint density at radius 1 is 1.00 bits per heavy atom. The van der Waals surface area contributed by atoms with E-state index >= 15 is 0 Å². The van der Waals surface area contributed by atoms with Crippen molar-refractivity contribution in [1.82, 2.24) is 9.29 Å². The molecule has 0 atom stereocenters. The minimum absolute atomic E-state index is 0.287. The first-order valence-electron chi connectivity index (χ1n) is 7.59. The molecular weight excluding hydrogens is 379 g/mol. The van der Waals surface area contributed by atoms with Crippen molar-refractivity contribution >= 4 is 10.0 Å². The van der Waals surface area contributed by atoms with Crippen LogP contribution in [0.15, 0.2) is 23.2 Å². The highest BCUT2D eigenvalue weighted by atomic mass is 32.2. The molecule has 1 saturated carbocycles. The van der Waals surface area contributed by atoms with Gasteiger partial charge in [0.2, 0.25) is 15.8 Å². The van der Waals surface area contributed by atoms with Crippen LogP contribution in [0.4, 0.5) is 22.0 Å². The van der Waals surface area contributed by atoms with Crippen molar-refractivity contribution in [2.45, 2.75) is 37.2 Å². The molecule has 4 nitrogen and oxygen atoms in total. The Labute approximate surface area is 146 Å². The van der Waals surface area contributed by atoms with Crippen molar-refractivity contribution < 1.29 is 30.4 Å². The molecule has 0 amide bonds. The number of halogens is 5. The monoisotopic (exact) mass is 392 g/mol. The van der Waals surface area contributed by atoms with Gasteiger partial charge in [0, 0.05) is 12.2 Å². The molecule has 1 aliphatic rings. The van der Waals surface area contributed by atoms with Crippen LogP contribution in [0, 0.1) is 36.0 Å². The molecule has 140 valence electrons. The van der Waals surface area contributed by atoms with Crippen LogP contribution in [0.25, 0.3) is 0 Å². The van der Waals surface area contributed by atoms with Gasteiger partial charge in [-0.05, 0) is 31.4 Å². The molecule has 1 aromatic carbocycles. The van der Waals surface area contributed by atoms with E-state index in [1.807, 2.05) is 0 Å². The first kappa shape index (κ1) is 18.7. The molecule has 1 aromatic heterocycles. The Balaban J connectivity index is 2.09. The van der Waals surface area contributed by atoms with Gasteiger partial charge in [-0.15, -0.1) is 0 Å². The average Bonchev–Trinajstić information content (AvgIpc) is 3.42. The maximum Gasteiger partial charge on any atom is 0.249 e. The second-order valence-electron chi connectivity index (χ2n) is 6.01. The number of sulfonamides is 1. The Morgan fingerprint density at radius 3 is 2.00 bits per heavy atom. The van der Waals surface area contributed by atoms with Crippen molar-refractivity contribution in [3.63, 3.8) is 0 Å². The number of aryl methyl sites for hydroxylation is 1. The molecule has 26 heavy (non-hydrogen) atoms. The summed E-state index contributed by atoms with van der Waals surface area (Å²) in [4.78, 5) is 2.19. The van der Waals surface area contributed by atoms with Gasteiger partial charge >= 0.3 is 0 Å². The highest BCUT2D eigenvalue weighted by Crippen LogP contribution is 2.36. The van der Waals surface area contributed by atoms with Crippen LogP contribution in [0.1, 0.15) is 24.1 Å². The third-order valence-electron chi connectivity index (χ3n) is 3.98. The fourth-order valence-corrected chi connectivity index (χ4v) is 4.23. The summed E-state index contributed by atoms with van der Waals surface area (Å²) in [6, 6.07) is 2.61. The van der Waals surface area contributed by atoms with Gasteiger partial charge in [0.1, 0.15) is 0 Å². The van der Waals surface area contributed by atoms with Gasteiger partial charge in [-0.2, -0.15) is 4.31 Å². The van der Waals surface area contributed by atoms with Gasteiger partial charge in [-0.1, -0.05) is 6.07 Å². The number of hydrogen-bond donors (Lipinski definition) is 0. The summed E-state index contributed by atoms with van der Waals surface area (Å²) in [5.74, 6) is -11.7. The molecule has 0 bridgehead atoms. The summed E-state index contributed by atoms with van der Waals surface area (Å²) in [6.45, 7) is 1.42. The van der Waals surface area contributed by atoms with Crippen molar-refractivity contribution in [3.05, 3.63) is 58.7 Å². The van der Waals surface area contributed by atoms with Crippen LogP contribution >= 0.6 is 0 Å². The Hall–Kier alpha value is -2.07. The quantitative estimate of drug-likeness (QED) is 0.445. The topological polar surface area (TPSA) is 50.3 Å². The standard InChI is InChI=1S/C16H13F5N2O2S/c1-8-2-3-9(22-6-8)7-23(10-4-5-10)26(24,25)16-14(20)12(18)11(17)13(19)15(16)21/h2-3,6,10H,4-5,7H2,1H3. The molecule has 0 unspecified atom stereocenters. The molecule has 0 N–H and O–H groups in total. The van der Waals surface area contributed by atoms with Gasteiger partial charge in [-0.25, -0.2) is 30.4 Å². The van der Waals surface area contributed by atoms with E-state index in [9.17, 15) is 30.4 Å². The van der Waals surface area contributed by atoms with Gasteiger partial charge < -0.3 is 0 Å².